The van der Waals surface area contributed by atoms with Crippen molar-refractivity contribution in [2.45, 2.75) is 19.5 Å². The molecule has 1 amide bonds. The van der Waals surface area contributed by atoms with Crippen LogP contribution in [0.1, 0.15) is 12.0 Å². The van der Waals surface area contributed by atoms with E-state index < -0.39 is 0 Å². The highest BCUT2D eigenvalue weighted by atomic mass is 16.5. The maximum Gasteiger partial charge on any atom is 0.273 e. The number of nitrogens with one attached hydrogen (secondary N) is 2. The second-order valence-corrected chi connectivity index (χ2v) is 5.64. The second-order valence-electron chi connectivity index (χ2n) is 5.64. The minimum Gasteiger partial charge on any atom is -0.481 e. The second kappa shape index (κ2) is 7.64. The normalized spacial score (nSPS) is 10.7. The van der Waals surface area contributed by atoms with E-state index in [1.807, 2.05) is 0 Å². The van der Waals surface area contributed by atoms with Gasteiger partial charge in [0.25, 0.3) is 11.1 Å². The molecule has 2 aromatic heterocycles. The third-order valence-electron chi connectivity index (χ3n) is 3.97. The molecule has 26 heavy (non-hydrogen) atoms. The van der Waals surface area contributed by atoms with Crippen molar-refractivity contribution in [3.63, 3.8) is 0 Å². The molecule has 0 aliphatic heterocycles. The summed E-state index contributed by atoms with van der Waals surface area (Å²) in [6.45, 7) is 0.341. The molecule has 1 aromatic carbocycles. The summed E-state index contributed by atoms with van der Waals surface area (Å²) in [5.41, 5.74) is 0.0577. The number of nitrogens with zero attached hydrogens (tertiary/aromatic N) is 2. The summed E-state index contributed by atoms with van der Waals surface area (Å²) in [6, 6.07) is 10.1. The van der Waals surface area contributed by atoms with Gasteiger partial charge in [-0.05, 0) is 18.2 Å². The minimum absolute atomic E-state index is 0.0523. The molecule has 3 rings (SSSR count). The number of aromatic amines is 1. The van der Waals surface area contributed by atoms with E-state index in [9.17, 15) is 14.4 Å². The van der Waals surface area contributed by atoms with Gasteiger partial charge in [-0.1, -0.05) is 18.2 Å². The van der Waals surface area contributed by atoms with Gasteiger partial charge in [0, 0.05) is 24.7 Å². The number of rotatable bonds is 6. The van der Waals surface area contributed by atoms with Crippen molar-refractivity contribution < 1.29 is 9.53 Å². The molecule has 0 saturated heterocycles. The fraction of sp³-hybridized carbons (Fsp3) is 0.222. The molecule has 8 heteroatoms. The van der Waals surface area contributed by atoms with Crippen LogP contribution in [0.5, 0.6) is 5.88 Å². The van der Waals surface area contributed by atoms with Gasteiger partial charge in [0.2, 0.25) is 11.8 Å². The lowest BCUT2D eigenvalue weighted by Crippen LogP contribution is -2.32. The van der Waals surface area contributed by atoms with Crippen molar-refractivity contribution in [1.29, 1.82) is 0 Å². The number of aromatic nitrogens is 3. The highest BCUT2D eigenvalue weighted by Gasteiger charge is 2.09. The van der Waals surface area contributed by atoms with Gasteiger partial charge in [-0.15, -0.1) is 0 Å². The van der Waals surface area contributed by atoms with Crippen LogP contribution in [0.4, 0.5) is 0 Å². The average molecular weight is 354 g/mol. The summed E-state index contributed by atoms with van der Waals surface area (Å²) < 4.78 is 6.29. The topological polar surface area (TPSA) is 106 Å². The van der Waals surface area contributed by atoms with Crippen LogP contribution in [0.25, 0.3) is 10.8 Å². The van der Waals surface area contributed by atoms with Gasteiger partial charge in [0.1, 0.15) is 0 Å². The first-order valence-electron chi connectivity index (χ1n) is 8.06. The first-order valence-corrected chi connectivity index (χ1v) is 8.06. The van der Waals surface area contributed by atoms with Crippen LogP contribution in [0.3, 0.4) is 0 Å². The molecule has 0 atom stereocenters. The smallest absolute Gasteiger partial charge is 0.273 e. The van der Waals surface area contributed by atoms with Crippen molar-refractivity contribution in [3.8, 4) is 5.88 Å². The monoisotopic (exact) mass is 354 g/mol. The molecule has 0 radical (unpaired) electrons. The highest BCUT2D eigenvalue weighted by molar-refractivity contribution is 5.80. The summed E-state index contributed by atoms with van der Waals surface area (Å²) in [7, 11) is 1.51. The fourth-order valence-electron chi connectivity index (χ4n) is 2.64. The Morgan fingerprint density at radius 3 is 2.73 bits per heavy atom. The highest BCUT2D eigenvalue weighted by Crippen LogP contribution is 2.12. The van der Waals surface area contributed by atoms with Crippen LogP contribution in [0, 0.1) is 0 Å². The Kier molecular flexibility index (Phi) is 5.12. The van der Waals surface area contributed by atoms with Crippen LogP contribution >= 0.6 is 0 Å². The molecule has 8 nitrogen and oxygen atoms in total. The summed E-state index contributed by atoms with van der Waals surface area (Å²) in [5.74, 6) is 0.194. The number of H-pyrrole nitrogens is 1. The minimum atomic E-state index is -0.360. The molecule has 2 N–H and O–H groups in total. The van der Waals surface area contributed by atoms with Crippen LogP contribution in [-0.2, 0) is 17.9 Å². The molecule has 0 fully saturated rings. The van der Waals surface area contributed by atoms with E-state index in [1.165, 1.54) is 7.11 Å². The SMILES string of the molecule is COc1ncccc1CNC(=O)CCn1[nH]c(=O)c2ccccc2c1=O. The van der Waals surface area contributed by atoms with E-state index in [4.69, 9.17) is 4.74 Å². The van der Waals surface area contributed by atoms with E-state index in [2.05, 4.69) is 15.4 Å². The standard InChI is InChI=1S/C18H18N4O4/c1-26-17-12(5-4-9-19-17)11-20-15(23)8-10-22-18(25)14-7-3-2-6-13(14)16(24)21-22/h2-7,9H,8,10-11H2,1H3,(H,20,23)(H,21,24). The van der Waals surface area contributed by atoms with Gasteiger partial charge in [-0.2, -0.15) is 0 Å². The lowest BCUT2D eigenvalue weighted by Gasteiger charge is -2.09. The predicted molar refractivity (Wildman–Crippen MR) is 96.1 cm³/mol. The zero-order valence-corrected chi connectivity index (χ0v) is 14.2. The molecule has 0 unspecified atom stereocenters. The number of benzene rings is 1. The molecule has 3 aromatic rings. The Morgan fingerprint density at radius 1 is 1.19 bits per heavy atom. The van der Waals surface area contributed by atoms with Gasteiger partial charge in [0.15, 0.2) is 0 Å². The predicted octanol–water partition coefficient (Wildman–Crippen LogP) is 0.800. The number of pyridine rings is 1. The average Bonchev–Trinajstić information content (AvgIpc) is 2.68. The Morgan fingerprint density at radius 2 is 1.96 bits per heavy atom. The number of amides is 1. The van der Waals surface area contributed by atoms with Gasteiger partial charge >= 0.3 is 0 Å². The Balaban J connectivity index is 1.67. The summed E-state index contributed by atoms with van der Waals surface area (Å²) in [5, 5.41) is 5.92. The number of hydrogen-bond acceptors (Lipinski definition) is 5. The van der Waals surface area contributed by atoms with Gasteiger partial charge in [-0.3, -0.25) is 19.5 Å². The van der Waals surface area contributed by atoms with E-state index in [1.54, 1.807) is 42.6 Å². The largest absolute Gasteiger partial charge is 0.481 e. The lowest BCUT2D eigenvalue weighted by atomic mass is 10.2. The maximum atomic E-state index is 12.4. The number of methoxy groups -OCH3 is 1. The van der Waals surface area contributed by atoms with E-state index in [0.717, 1.165) is 10.2 Å². The first-order chi connectivity index (χ1) is 12.6. The summed E-state index contributed by atoms with van der Waals surface area (Å²) in [6.07, 6.45) is 1.66. The molecule has 134 valence electrons. The van der Waals surface area contributed by atoms with Crippen molar-refractivity contribution in [3.05, 3.63) is 68.9 Å². The molecule has 0 bridgehead atoms. The van der Waals surface area contributed by atoms with Crippen LogP contribution in [0.2, 0.25) is 0 Å². The van der Waals surface area contributed by atoms with Crippen molar-refractivity contribution in [2.24, 2.45) is 0 Å². The zero-order chi connectivity index (χ0) is 18.5. The number of carbonyl (C=O) groups excluding carboxylic acids is 1. The van der Waals surface area contributed by atoms with Crippen LogP contribution < -0.4 is 21.2 Å². The van der Waals surface area contributed by atoms with Crippen LogP contribution in [0.15, 0.2) is 52.2 Å². The van der Waals surface area contributed by atoms with E-state index in [-0.39, 0.29) is 36.5 Å². The molecular weight excluding hydrogens is 336 g/mol. The first kappa shape index (κ1) is 17.4. The van der Waals surface area contributed by atoms with Crippen molar-refractivity contribution in [2.75, 3.05) is 7.11 Å². The Labute approximate surface area is 148 Å². The van der Waals surface area contributed by atoms with Gasteiger partial charge < -0.3 is 10.1 Å². The Bertz CT molecular complexity index is 1050. The van der Waals surface area contributed by atoms with Crippen molar-refractivity contribution >= 4 is 16.7 Å². The maximum absolute atomic E-state index is 12.4. The zero-order valence-electron chi connectivity index (χ0n) is 14.2. The molecule has 2 heterocycles. The molecule has 0 aliphatic carbocycles. The lowest BCUT2D eigenvalue weighted by molar-refractivity contribution is -0.121. The molecular formula is C18H18N4O4. The molecule has 0 aliphatic rings. The summed E-state index contributed by atoms with van der Waals surface area (Å²) in [4.78, 5) is 40.6. The number of aryl methyl sites for hydroxylation is 1. The van der Waals surface area contributed by atoms with Gasteiger partial charge in [0.05, 0.1) is 24.4 Å². The third kappa shape index (κ3) is 3.64. The Hall–Kier alpha value is -3.42. The number of carbonyl (C=O) groups is 1. The number of hydrogen-bond donors (Lipinski definition) is 2. The van der Waals surface area contributed by atoms with E-state index >= 15 is 0 Å². The molecule has 0 spiro atoms. The van der Waals surface area contributed by atoms with Crippen molar-refractivity contribution in [1.82, 2.24) is 20.1 Å². The quantitative estimate of drug-likeness (QED) is 0.681. The number of ether oxygens (including phenoxy) is 1. The third-order valence-corrected chi connectivity index (χ3v) is 3.97. The number of fused-ring (bicyclic) bond motifs is 1. The summed E-state index contributed by atoms with van der Waals surface area (Å²) >= 11 is 0. The fourth-order valence-corrected chi connectivity index (χ4v) is 2.64. The molecule has 0 saturated carbocycles. The van der Waals surface area contributed by atoms with Gasteiger partial charge in [-0.25, -0.2) is 9.67 Å². The van der Waals surface area contributed by atoms with E-state index in [0.29, 0.717) is 16.7 Å². The van der Waals surface area contributed by atoms with Crippen LogP contribution in [-0.4, -0.2) is 27.8 Å².